The third kappa shape index (κ3) is 3.87. The highest BCUT2D eigenvalue weighted by molar-refractivity contribution is 6.31. The van der Waals surface area contributed by atoms with Crippen LogP contribution in [0.1, 0.15) is 11.1 Å². The fourth-order valence-electron chi connectivity index (χ4n) is 1.86. The molecule has 2 rings (SSSR count). The van der Waals surface area contributed by atoms with Gasteiger partial charge in [-0.2, -0.15) is 0 Å². The Hall–Kier alpha value is -1.22. The van der Waals surface area contributed by atoms with Gasteiger partial charge in [-0.05, 0) is 29.8 Å². The molecule has 0 aliphatic carbocycles. The quantitative estimate of drug-likeness (QED) is 0.888. The molecule has 0 radical (unpaired) electrons. The standard InChI is InChI=1S/C15H15Cl2NO/c1-19-15-7-6-13(16)8-12(15)10-18-9-11-4-2-3-5-14(11)17/h2-8,18H,9-10H2,1H3. The number of rotatable bonds is 5. The monoisotopic (exact) mass is 295 g/mol. The summed E-state index contributed by atoms with van der Waals surface area (Å²) in [6.07, 6.45) is 0. The first kappa shape index (κ1) is 14.2. The minimum absolute atomic E-state index is 0.676. The van der Waals surface area contributed by atoms with Crippen LogP contribution in [0.5, 0.6) is 5.75 Å². The number of hydrogen-bond acceptors (Lipinski definition) is 2. The van der Waals surface area contributed by atoms with Crippen molar-refractivity contribution < 1.29 is 4.74 Å². The predicted octanol–water partition coefficient (Wildman–Crippen LogP) is 4.29. The third-order valence-corrected chi connectivity index (χ3v) is 3.44. The van der Waals surface area contributed by atoms with E-state index >= 15 is 0 Å². The van der Waals surface area contributed by atoms with Crippen molar-refractivity contribution in [3.63, 3.8) is 0 Å². The lowest BCUT2D eigenvalue weighted by atomic mass is 10.2. The molecule has 0 saturated carbocycles. The van der Waals surface area contributed by atoms with E-state index in [0.717, 1.165) is 21.9 Å². The molecule has 0 unspecified atom stereocenters. The predicted molar refractivity (Wildman–Crippen MR) is 80.0 cm³/mol. The molecule has 0 fully saturated rings. The Bertz CT molecular complexity index is 558. The zero-order chi connectivity index (χ0) is 13.7. The normalized spacial score (nSPS) is 10.5. The van der Waals surface area contributed by atoms with Gasteiger partial charge < -0.3 is 10.1 Å². The minimum Gasteiger partial charge on any atom is -0.496 e. The Kier molecular flexibility index (Phi) is 5.08. The van der Waals surface area contributed by atoms with Crippen LogP contribution in [0.4, 0.5) is 0 Å². The van der Waals surface area contributed by atoms with Gasteiger partial charge in [-0.25, -0.2) is 0 Å². The van der Waals surface area contributed by atoms with Gasteiger partial charge in [0.2, 0.25) is 0 Å². The summed E-state index contributed by atoms with van der Waals surface area (Å²) in [6, 6.07) is 13.4. The van der Waals surface area contributed by atoms with Gasteiger partial charge in [0.1, 0.15) is 5.75 Å². The van der Waals surface area contributed by atoms with Crippen molar-refractivity contribution in [3.05, 3.63) is 63.6 Å². The van der Waals surface area contributed by atoms with E-state index in [1.165, 1.54) is 0 Å². The second-order valence-electron chi connectivity index (χ2n) is 4.15. The van der Waals surface area contributed by atoms with Crippen LogP contribution in [0, 0.1) is 0 Å². The summed E-state index contributed by atoms with van der Waals surface area (Å²) in [5.41, 5.74) is 2.10. The van der Waals surface area contributed by atoms with Gasteiger partial charge in [-0.15, -0.1) is 0 Å². The van der Waals surface area contributed by atoms with Gasteiger partial charge >= 0.3 is 0 Å². The molecule has 2 aromatic carbocycles. The fourth-order valence-corrected chi connectivity index (χ4v) is 2.26. The molecule has 2 aromatic rings. The molecule has 0 amide bonds. The SMILES string of the molecule is COc1ccc(Cl)cc1CNCc1ccccc1Cl. The highest BCUT2D eigenvalue weighted by atomic mass is 35.5. The molecule has 100 valence electrons. The average Bonchev–Trinajstić information content (AvgIpc) is 2.41. The maximum absolute atomic E-state index is 6.10. The molecule has 0 heterocycles. The van der Waals surface area contributed by atoms with Crippen molar-refractivity contribution in [2.75, 3.05) is 7.11 Å². The second kappa shape index (κ2) is 6.80. The maximum Gasteiger partial charge on any atom is 0.123 e. The minimum atomic E-state index is 0.676. The van der Waals surface area contributed by atoms with Crippen LogP contribution in [0.15, 0.2) is 42.5 Å². The van der Waals surface area contributed by atoms with E-state index in [1.807, 2.05) is 42.5 Å². The number of benzene rings is 2. The summed E-state index contributed by atoms with van der Waals surface area (Å²) in [6.45, 7) is 1.38. The molecular weight excluding hydrogens is 281 g/mol. The van der Waals surface area contributed by atoms with Crippen LogP contribution in [-0.2, 0) is 13.1 Å². The second-order valence-corrected chi connectivity index (χ2v) is 4.99. The van der Waals surface area contributed by atoms with Gasteiger partial charge in [0, 0.05) is 28.7 Å². The van der Waals surface area contributed by atoms with Gasteiger partial charge in [-0.3, -0.25) is 0 Å². The lowest BCUT2D eigenvalue weighted by Gasteiger charge is -2.10. The summed E-state index contributed by atoms with van der Waals surface area (Å²) >= 11 is 12.1. The molecule has 0 aliphatic heterocycles. The molecule has 1 N–H and O–H groups in total. The first-order valence-electron chi connectivity index (χ1n) is 5.97. The highest BCUT2D eigenvalue weighted by Gasteiger charge is 2.04. The van der Waals surface area contributed by atoms with Crippen LogP contribution in [-0.4, -0.2) is 7.11 Å². The number of ether oxygens (including phenoxy) is 1. The molecule has 0 aromatic heterocycles. The molecule has 0 bridgehead atoms. The van der Waals surface area contributed by atoms with E-state index in [0.29, 0.717) is 18.1 Å². The molecule has 0 atom stereocenters. The Labute approximate surface area is 123 Å². The van der Waals surface area contributed by atoms with Crippen LogP contribution in [0.2, 0.25) is 10.0 Å². The fraction of sp³-hybridized carbons (Fsp3) is 0.200. The van der Waals surface area contributed by atoms with E-state index in [4.69, 9.17) is 27.9 Å². The summed E-state index contributed by atoms with van der Waals surface area (Å²) in [4.78, 5) is 0. The van der Waals surface area contributed by atoms with Crippen molar-refractivity contribution in [2.24, 2.45) is 0 Å². The summed E-state index contributed by atoms with van der Waals surface area (Å²) in [5, 5.41) is 4.81. The molecule has 0 saturated heterocycles. The molecule has 4 heteroatoms. The first-order chi connectivity index (χ1) is 9.20. The van der Waals surface area contributed by atoms with Gasteiger partial charge in [0.25, 0.3) is 0 Å². The molecule has 19 heavy (non-hydrogen) atoms. The summed E-state index contributed by atoms with van der Waals surface area (Å²) in [7, 11) is 1.65. The Morgan fingerprint density at radius 3 is 2.47 bits per heavy atom. The van der Waals surface area contributed by atoms with Crippen molar-refractivity contribution >= 4 is 23.2 Å². The smallest absolute Gasteiger partial charge is 0.123 e. The zero-order valence-electron chi connectivity index (χ0n) is 10.6. The zero-order valence-corrected chi connectivity index (χ0v) is 12.1. The maximum atomic E-state index is 6.10. The van der Waals surface area contributed by atoms with Crippen LogP contribution >= 0.6 is 23.2 Å². The largest absolute Gasteiger partial charge is 0.496 e. The van der Waals surface area contributed by atoms with Crippen molar-refractivity contribution in [3.8, 4) is 5.75 Å². The Morgan fingerprint density at radius 2 is 1.74 bits per heavy atom. The molecule has 0 aliphatic rings. The number of methoxy groups -OCH3 is 1. The van der Waals surface area contributed by atoms with E-state index in [2.05, 4.69) is 5.32 Å². The Morgan fingerprint density at radius 1 is 1.00 bits per heavy atom. The van der Waals surface area contributed by atoms with E-state index in [-0.39, 0.29) is 0 Å². The van der Waals surface area contributed by atoms with E-state index < -0.39 is 0 Å². The van der Waals surface area contributed by atoms with Gasteiger partial charge in [0.05, 0.1) is 7.11 Å². The molecule has 2 nitrogen and oxygen atoms in total. The summed E-state index contributed by atoms with van der Waals surface area (Å²) in [5.74, 6) is 0.830. The number of halogens is 2. The summed E-state index contributed by atoms with van der Waals surface area (Å²) < 4.78 is 5.30. The lowest BCUT2D eigenvalue weighted by Crippen LogP contribution is -2.13. The van der Waals surface area contributed by atoms with Gasteiger partial charge in [0.15, 0.2) is 0 Å². The number of nitrogens with one attached hydrogen (secondary N) is 1. The van der Waals surface area contributed by atoms with Crippen LogP contribution in [0.3, 0.4) is 0 Å². The van der Waals surface area contributed by atoms with Crippen molar-refractivity contribution in [1.82, 2.24) is 5.32 Å². The molecular formula is C15H15Cl2NO. The van der Waals surface area contributed by atoms with Crippen molar-refractivity contribution in [2.45, 2.75) is 13.1 Å². The molecule has 0 spiro atoms. The van der Waals surface area contributed by atoms with Crippen LogP contribution < -0.4 is 10.1 Å². The first-order valence-corrected chi connectivity index (χ1v) is 6.73. The van der Waals surface area contributed by atoms with Gasteiger partial charge in [-0.1, -0.05) is 41.4 Å². The van der Waals surface area contributed by atoms with E-state index in [1.54, 1.807) is 7.11 Å². The number of hydrogen-bond donors (Lipinski definition) is 1. The van der Waals surface area contributed by atoms with Crippen LogP contribution in [0.25, 0.3) is 0 Å². The average molecular weight is 296 g/mol. The topological polar surface area (TPSA) is 21.3 Å². The van der Waals surface area contributed by atoms with E-state index in [9.17, 15) is 0 Å². The third-order valence-electron chi connectivity index (χ3n) is 2.83. The Balaban J connectivity index is 2.00. The highest BCUT2D eigenvalue weighted by Crippen LogP contribution is 2.22. The lowest BCUT2D eigenvalue weighted by molar-refractivity contribution is 0.407. The van der Waals surface area contributed by atoms with Crippen molar-refractivity contribution in [1.29, 1.82) is 0 Å².